The Labute approximate surface area is 155 Å². The molecule has 1 fully saturated rings. The van der Waals surface area contributed by atoms with Crippen LogP contribution in [0.5, 0.6) is 0 Å². The number of nitrogens with one attached hydrogen (secondary N) is 1. The van der Waals surface area contributed by atoms with E-state index in [1.54, 1.807) is 6.92 Å². The lowest BCUT2D eigenvalue weighted by molar-refractivity contribution is 0.0439. The monoisotopic (exact) mass is 361 g/mol. The van der Waals surface area contributed by atoms with Gasteiger partial charge in [0.1, 0.15) is 5.76 Å². The van der Waals surface area contributed by atoms with E-state index in [2.05, 4.69) is 19.2 Å². The van der Waals surface area contributed by atoms with Gasteiger partial charge in [-0.15, -0.1) is 0 Å². The zero-order valence-electron chi connectivity index (χ0n) is 16.3. The average Bonchev–Trinajstić information content (AvgIpc) is 2.73. The van der Waals surface area contributed by atoms with Crippen LogP contribution in [-0.4, -0.2) is 30.9 Å². The van der Waals surface area contributed by atoms with E-state index in [1.807, 2.05) is 0 Å². The van der Waals surface area contributed by atoms with Gasteiger partial charge in [0.2, 0.25) is 0 Å². The molecule has 1 saturated carbocycles. The summed E-state index contributed by atoms with van der Waals surface area (Å²) >= 11 is 0. The molecule has 1 amide bonds. The van der Waals surface area contributed by atoms with Crippen LogP contribution in [0.2, 0.25) is 0 Å². The van der Waals surface area contributed by atoms with Crippen LogP contribution in [0.15, 0.2) is 4.42 Å². The maximum atomic E-state index is 12.5. The largest absolute Gasteiger partial charge is 0.455 e. The molecule has 1 N–H and O–H groups in total. The summed E-state index contributed by atoms with van der Waals surface area (Å²) in [5, 5.41) is 2.87. The fourth-order valence-corrected chi connectivity index (χ4v) is 4.18. The highest BCUT2D eigenvalue weighted by Crippen LogP contribution is 2.38. The number of carbonyl (C=O) groups excluding carboxylic acids is 2. The van der Waals surface area contributed by atoms with E-state index in [4.69, 9.17) is 9.15 Å². The molecule has 0 bridgehead atoms. The molecule has 2 aliphatic rings. The number of ether oxygens (including phenoxy) is 1. The fraction of sp³-hybridized carbons (Fsp3) is 0.714. The molecule has 0 aliphatic heterocycles. The topological polar surface area (TPSA) is 68.5 Å². The molecule has 1 aromatic heterocycles. The number of carbonyl (C=O) groups is 2. The number of Topliss-reactive ketones (excluding diaryl/α,β-unsaturated/α-hetero) is 1. The molecule has 0 atom stereocenters. The molecule has 0 radical (unpaired) electrons. The second-order valence-corrected chi connectivity index (χ2v) is 8.54. The van der Waals surface area contributed by atoms with Crippen molar-refractivity contribution >= 4 is 11.7 Å². The van der Waals surface area contributed by atoms with Crippen LogP contribution < -0.4 is 5.32 Å². The number of fused-ring (bicyclic) bond motifs is 1. The number of hydrogen-bond acceptors (Lipinski definition) is 4. The molecule has 1 aromatic rings. The number of hydrogen-bond donors (Lipinski definition) is 1. The second-order valence-electron chi connectivity index (χ2n) is 8.54. The van der Waals surface area contributed by atoms with Crippen LogP contribution in [0, 0.1) is 12.3 Å². The Balaban J connectivity index is 1.55. The number of amides is 1. The van der Waals surface area contributed by atoms with E-state index in [0.717, 1.165) is 12.8 Å². The minimum absolute atomic E-state index is 0.0771. The molecule has 5 heteroatoms. The molecular weight excluding hydrogens is 330 g/mol. The molecule has 1 heterocycles. The van der Waals surface area contributed by atoms with E-state index in [-0.39, 0.29) is 22.9 Å². The van der Waals surface area contributed by atoms with Crippen molar-refractivity contribution in [3.63, 3.8) is 0 Å². The molecular formula is C21H31NO4. The van der Waals surface area contributed by atoms with Crippen LogP contribution in [0.4, 0.5) is 0 Å². The van der Waals surface area contributed by atoms with Gasteiger partial charge in [0.05, 0.1) is 18.3 Å². The van der Waals surface area contributed by atoms with Gasteiger partial charge >= 0.3 is 0 Å². The SMILES string of the molecule is Cc1c(C(=O)NCCOC2CCCCCC2)oc2c1C(=O)CC(C)(C)C2. The van der Waals surface area contributed by atoms with Crippen molar-refractivity contribution in [2.45, 2.75) is 78.2 Å². The summed E-state index contributed by atoms with van der Waals surface area (Å²) in [5.41, 5.74) is 1.17. The van der Waals surface area contributed by atoms with E-state index in [0.29, 0.717) is 49.0 Å². The van der Waals surface area contributed by atoms with Crippen LogP contribution in [0.1, 0.15) is 91.0 Å². The molecule has 0 saturated heterocycles. The lowest BCUT2D eigenvalue weighted by Crippen LogP contribution is -2.29. The molecule has 3 rings (SSSR count). The Kier molecular flexibility index (Phi) is 5.86. The van der Waals surface area contributed by atoms with Gasteiger partial charge in [0, 0.05) is 24.9 Å². The van der Waals surface area contributed by atoms with Crippen molar-refractivity contribution in [2.24, 2.45) is 5.41 Å². The van der Waals surface area contributed by atoms with E-state index in [9.17, 15) is 9.59 Å². The van der Waals surface area contributed by atoms with Gasteiger partial charge in [0.15, 0.2) is 11.5 Å². The van der Waals surface area contributed by atoms with Crippen molar-refractivity contribution in [3.8, 4) is 0 Å². The standard InChI is InChI=1S/C21H31NO4/c1-14-18-16(23)12-21(2,3)13-17(18)26-19(14)20(24)22-10-11-25-15-8-6-4-5-7-9-15/h15H,4-13H2,1-3H3,(H,22,24). The molecule has 144 valence electrons. The average molecular weight is 361 g/mol. The van der Waals surface area contributed by atoms with Crippen molar-refractivity contribution in [3.05, 3.63) is 22.6 Å². The van der Waals surface area contributed by atoms with E-state index in [1.165, 1.54) is 25.7 Å². The number of furan rings is 1. The molecule has 0 unspecified atom stereocenters. The molecule has 2 aliphatic carbocycles. The molecule has 26 heavy (non-hydrogen) atoms. The Morgan fingerprint density at radius 1 is 1.19 bits per heavy atom. The normalized spacial score (nSPS) is 20.5. The van der Waals surface area contributed by atoms with Gasteiger partial charge in [-0.1, -0.05) is 39.5 Å². The van der Waals surface area contributed by atoms with Crippen molar-refractivity contribution < 1.29 is 18.7 Å². The maximum absolute atomic E-state index is 12.5. The van der Waals surface area contributed by atoms with Crippen molar-refractivity contribution in [1.82, 2.24) is 5.32 Å². The molecule has 5 nitrogen and oxygen atoms in total. The second kappa shape index (κ2) is 7.95. The summed E-state index contributed by atoms with van der Waals surface area (Å²) in [4.78, 5) is 24.9. The van der Waals surface area contributed by atoms with Crippen molar-refractivity contribution in [2.75, 3.05) is 13.2 Å². The first-order valence-corrected chi connectivity index (χ1v) is 9.93. The smallest absolute Gasteiger partial charge is 0.287 e. The predicted octanol–water partition coefficient (Wildman–Crippen LogP) is 4.21. The summed E-state index contributed by atoms with van der Waals surface area (Å²) in [6.45, 7) is 6.88. The highest BCUT2D eigenvalue weighted by Gasteiger charge is 2.36. The summed E-state index contributed by atoms with van der Waals surface area (Å²) in [5.74, 6) is 0.749. The maximum Gasteiger partial charge on any atom is 0.287 e. The van der Waals surface area contributed by atoms with E-state index >= 15 is 0 Å². The van der Waals surface area contributed by atoms with Crippen LogP contribution in [-0.2, 0) is 11.2 Å². The van der Waals surface area contributed by atoms with Gasteiger partial charge in [0.25, 0.3) is 5.91 Å². The zero-order chi connectivity index (χ0) is 18.7. The number of ketones is 1. The first-order chi connectivity index (χ1) is 12.4. The first kappa shape index (κ1) is 19.2. The first-order valence-electron chi connectivity index (χ1n) is 9.93. The Morgan fingerprint density at radius 2 is 1.88 bits per heavy atom. The fourth-order valence-electron chi connectivity index (χ4n) is 4.18. The summed E-state index contributed by atoms with van der Waals surface area (Å²) < 4.78 is 11.7. The van der Waals surface area contributed by atoms with Gasteiger partial charge in [-0.25, -0.2) is 0 Å². The third-order valence-corrected chi connectivity index (χ3v) is 5.53. The zero-order valence-corrected chi connectivity index (χ0v) is 16.3. The summed E-state index contributed by atoms with van der Waals surface area (Å²) in [6, 6.07) is 0. The quantitative estimate of drug-likeness (QED) is 0.630. The Morgan fingerprint density at radius 3 is 2.58 bits per heavy atom. The Bertz CT molecular complexity index is 666. The molecule has 0 aromatic carbocycles. The highest BCUT2D eigenvalue weighted by atomic mass is 16.5. The third kappa shape index (κ3) is 4.37. The summed E-state index contributed by atoms with van der Waals surface area (Å²) in [6.07, 6.45) is 8.82. The van der Waals surface area contributed by atoms with Crippen LogP contribution in [0.25, 0.3) is 0 Å². The Hall–Kier alpha value is -1.62. The minimum Gasteiger partial charge on any atom is -0.455 e. The third-order valence-electron chi connectivity index (χ3n) is 5.53. The lowest BCUT2D eigenvalue weighted by atomic mass is 9.76. The van der Waals surface area contributed by atoms with Gasteiger partial charge in [-0.05, 0) is 25.2 Å². The summed E-state index contributed by atoms with van der Waals surface area (Å²) in [7, 11) is 0. The molecule has 0 spiro atoms. The van der Waals surface area contributed by atoms with Crippen molar-refractivity contribution in [1.29, 1.82) is 0 Å². The van der Waals surface area contributed by atoms with Crippen LogP contribution in [0.3, 0.4) is 0 Å². The predicted molar refractivity (Wildman–Crippen MR) is 99.7 cm³/mol. The number of rotatable bonds is 5. The van der Waals surface area contributed by atoms with Gasteiger partial charge in [-0.2, -0.15) is 0 Å². The van der Waals surface area contributed by atoms with Crippen LogP contribution >= 0.6 is 0 Å². The minimum atomic E-state index is -0.257. The van der Waals surface area contributed by atoms with Gasteiger partial charge in [-0.3, -0.25) is 9.59 Å². The highest BCUT2D eigenvalue weighted by molar-refractivity contribution is 6.03. The van der Waals surface area contributed by atoms with E-state index < -0.39 is 0 Å². The lowest BCUT2D eigenvalue weighted by Gasteiger charge is -2.27. The van der Waals surface area contributed by atoms with Gasteiger partial charge < -0.3 is 14.5 Å².